The number of aliphatic hydroxyl groups is 1. The fourth-order valence-electron chi connectivity index (χ4n) is 4.68. The summed E-state index contributed by atoms with van der Waals surface area (Å²) in [4.78, 5) is 33.2. The normalized spacial score (nSPS) is 17.4. The van der Waals surface area contributed by atoms with E-state index in [2.05, 4.69) is 4.90 Å². The summed E-state index contributed by atoms with van der Waals surface area (Å²) in [5.41, 5.74) is 5.12. The number of benzene rings is 2. The third-order valence-electron chi connectivity index (χ3n) is 6.39. The van der Waals surface area contributed by atoms with Crippen LogP contribution in [-0.2, 0) is 9.59 Å². The van der Waals surface area contributed by atoms with Crippen LogP contribution in [0.4, 0.5) is 5.69 Å². The van der Waals surface area contributed by atoms with Crippen molar-refractivity contribution in [3.05, 3.63) is 64.3 Å². The quantitative estimate of drug-likeness (QED) is 0.684. The van der Waals surface area contributed by atoms with Crippen LogP contribution in [0.5, 0.6) is 5.75 Å². The highest BCUT2D eigenvalue weighted by Crippen LogP contribution is 2.40. The van der Waals surface area contributed by atoms with Crippen molar-refractivity contribution >= 4 is 23.1 Å². The summed E-state index contributed by atoms with van der Waals surface area (Å²) in [5, 5.41) is 9.27. The van der Waals surface area contributed by atoms with Gasteiger partial charge < -0.3 is 14.7 Å². The number of aryl methyl sites for hydroxylation is 3. The number of β-amino-alcohol motifs (C(OH)–C–C–N with tert-alkyl or cyclic N) is 1. The topological polar surface area (TPSA) is 73.3 Å². The Kier molecular flexibility index (Phi) is 6.54. The smallest absolute Gasteiger partial charge is 0.282 e. The molecule has 7 heteroatoms. The van der Waals surface area contributed by atoms with E-state index in [4.69, 9.17) is 4.74 Å². The van der Waals surface area contributed by atoms with Crippen molar-refractivity contribution in [1.82, 2.24) is 9.80 Å². The molecule has 1 fully saturated rings. The number of methoxy groups -OCH3 is 1. The van der Waals surface area contributed by atoms with Crippen LogP contribution < -0.4 is 9.64 Å². The largest absolute Gasteiger partial charge is 0.495 e. The van der Waals surface area contributed by atoms with E-state index < -0.39 is 0 Å². The van der Waals surface area contributed by atoms with Crippen LogP contribution in [0.25, 0.3) is 5.57 Å². The highest BCUT2D eigenvalue weighted by Gasteiger charge is 2.44. The number of nitrogens with zero attached hydrogens (tertiary/aromatic N) is 3. The molecule has 2 heterocycles. The summed E-state index contributed by atoms with van der Waals surface area (Å²) in [6.07, 6.45) is 0. The molecule has 2 aliphatic rings. The van der Waals surface area contributed by atoms with E-state index >= 15 is 0 Å². The van der Waals surface area contributed by atoms with Gasteiger partial charge in [0, 0.05) is 32.7 Å². The molecule has 0 saturated carbocycles. The molecule has 0 radical (unpaired) electrons. The molecule has 174 valence electrons. The first-order chi connectivity index (χ1) is 15.8. The van der Waals surface area contributed by atoms with Crippen LogP contribution in [0.1, 0.15) is 22.3 Å². The van der Waals surface area contributed by atoms with Crippen LogP contribution in [0, 0.1) is 20.8 Å². The molecular formula is C26H31N3O4. The fourth-order valence-corrected chi connectivity index (χ4v) is 4.68. The number of aliphatic hydroxyl groups excluding tert-OH is 1. The summed E-state index contributed by atoms with van der Waals surface area (Å²) >= 11 is 0. The van der Waals surface area contributed by atoms with E-state index in [-0.39, 0.29) is 18.4 Å². The standard InChI is InChI=1S/C26H31N3O4/c1-17-5-7-20(19(3)15-17)23-24(28-11-9-27(10-12-28)13-14-30)26(32)29(25(23)31)21-16-18(2)6-8-22(21)33-4/h5-8,15-16,30H,9-14H2,1-4H3. The Balaban J connectivity index is 1.81. The summed E-state index contributed by atoms with van der Waals surface area (Å²) in [6.45, 7) is 9.29. The highest BCUT2D eigenvalue weighted by molar-refractivity contribution is 6.45. The minimum absolute atomic E-state index is 0.106. The number of rotatable bonds is 6. The predicted molar refractivity (Wildman–Crippen MR) is 128 cm³/mol. The molecule has 1 saturated heterocycles. The maximum atomic E-state index is 13.9. The van der Waals surface area contributed by atoms with Gasteiger partial charge in [-0.25, -0.2) is 4.90 Å². The van der Waals surface area contributed by atoms with Crippen molar-refractivity contribution in [3.8, 4) is 5.75 Å². The maximum absolute atomic E-state index is 13.9. The van der Waals surface area contributed by atoms with Crippen molar-refractivity contribution < 1.29 is 19.4 Å². The van der Waals surface area contributed by atoms with E-state index in [0.29, 0.717) is 42.3 Å². The maximum Gasteiger partial charge on any atom is 0.282 e. The minimum atomic E-state index is -0.330. The fraction of sp³-hybridized carbons (Fsp3) is 0.385. The van der Waals surface area contributed by atoms with Crippen molar-refractivity contribution in [3.63, 3.8) is 0 Å². The second-order valence-electron chi connectivity index (χ2n) is 8.72. The van der Waals surface area contributed by atoms with Gasteiger partial charge in [-0.15, -0.1) is 0 Å². The van der Waals surface area contributed by atoms with Gasteiger partial charge in [-0.2, -0.15) is 0 Å². The Labute approximate surface area is 194 Å². The molecule has 0 bridgehead atoms. The van der Waals surface area contributed by atoms with Gasteiger partial charge in [0.25, 0.3) is 11.8 Å². The van der Waals surface area contributed by atoms with Gasteiger partial charge in [0.05, 0.1) is 25.0 Å². The first kappa shape index (κ1) is 23.0. The average Bonchev–Trinajstić information content (AvgIpc) is 3.04. The molecular weight excluding hydrogens is 418 g/mol. The molecule has 0 atom stereocenters. The Morgan fingerprint density at radius 1 is 0.909 bits per heavy atom. The van der Waals surface area contributed by atoms with E-state index in [1.165, 1.54) is 4.90 Å². The lowest BCUT2D eigenvalue weighted by atomic mass is 9.97. The van der Waals surface area contributed by atoms with Crippen LogP contribution >= 0.6 is 0 Å². The number of anilines is 1. The van der Waals surface area contributed by atoms with Gasteiger partial charge in [0.2, 0.25) is 0 Å². The number of carbonyl (C=O) groups is 2. The number of ether oxygens (including phenoxy) is 1. The molecule has 1 N–H and O–H groups in total. The Morgan fingerprint density at radius 3 is 2.21 bits per heavy atom. The molecule has 2 aromatic rings. The van der Waals surface area contributed by atoms with Gasteiger partial charge >= 0.3 is 0 Å². The van der Waals surface area contributed by atoms with Crippen molar-refractivity contribution in [2.45, 2.75) is 20.8 Å². The second kappa shape index (κ2) is 9.37. The molecule has 0 aliphatic carbocycles. The predicted octanol–water partition coefficient (Wildman–Crippen LogP) is 2.51. The lowest BCUT2D eigenvalue weighted by Crippen LogP contribution is -2.48. The van der Waals surface area contributed by atoms with Gasteiger partial charge in [0.1, 0.15) is 11.4 Å². The SMILES string of the molecule is COc1ccc(C)cc1N1C(=O)C(c2ccc(C)cc2C)=C(N2CCN(CCO)CC2)C1=O. The first-order valence-electron chi connectivity index (χ1n) is 11.3. The summed E-state index contributed by atoms with van der Waals surface area (Å²) in [7, 11) is 1.54. The molecule has 2 aliphatic heterocycles. The number of amides is 2. The van der Waals surface area contributed by atoms with Crippen molar-refractivity contribution in [1.29, 1.82) is 0 Å². The number of imide groups is 1. The molecule has 4 rings (SSSR count). The zero-order valence-electron chi connectivity index (χ0n) is 19.7. The lowest BCUT2D eigenvalue weighted by Gasteiger charge is -2.36. The van der Waals surface area contributed by atoms with Crippen molar-refractivity contribution in [2.75, 3.05) is 51.3 Å². The molecule has 0 spiro atoms. The zero-order chi connectivity index (χ0) is 23.7. The molecule has 0 unspecified atom stereocenters. The van der Waals surface area contributed by atoms with Crippen LogP contribution in [0.3, 0.4) is 0 Å². The Morgan fingerprint density at radius 2 is 1.58 bits per heavy atom. The number of piperazine rings is 1. The number of hydrogen-bond donors (Lipinski definition) is 1. The Bertz CT molecular complexity index is 1120. The van der Waals surface area contributed by atoms with E-state index in [0.717, 1.165) is 35.3 Å². The monoisotopic (exact) mass is 449 g/mol. The van der Waals surface area contributed by atoms with E-state index in [1.807, 2.05) is 56.0 Å². The minimum Gasteiger partial charge on any atom is -0.495 e. The zero-order valence-corrected chi connectivity index (χ0v) is 19.7. The first-order valence-corrected chi connectivity index (χ1v) is 11.3. The number of carbonyl (C=O) groups excluding carboxylic acids is 2. The van der Waals surface area contributed by atoms with E-state index in [1.54, 1.807) is 13.2 Å². The number of hydrogen-bond acceptors (Lipinski definition) is 6. The summed E-state index contributed by atoms with van der Waals surface area (Å²) in [5.74, 6) is -0.172. The van der Waals surface area contributed by atoms with Crippen molar-refractivity contribution in [2.24, 2.45) is 0 Å². The molecule has 7 nitrogen and oxygen atoms in total. The molecule has 2 aromatic carbocycles. The second-order valence-corrected chi connectivity index (χ2v) is 8.72. The summed E-state index contributed by atoms with van der Waals surface area (Å²) < 4.78 is 5.50. The average molecular weight is 450 g/mol. The molecule has 0 aromatic heterocycles. The highest BCUT2D eigenvalue weighted by atomic mass is 16.5. The van der Waals surface area contributed by atoms with Gasteiger partial charge in [-0.05, 0) is 49.6 Å². The third-order valence-corrected chi connectivity index (χ3v) is 6.39. The van der Waals surface area contributed by atoms with Gasteiger partial charge in [-0.1, -0.05) is 29.8 Å². The van der Waals surface area contributed by atoms with Gasteiger partial charge in [-0.3, -0.25) is 14.5 Å². The van der Waals surface area contributed by atoms with E-state index in [9.17, 15) is 14.7 Å². The molecule has 2 amide bonds. The van der Waals surface area contributed by atoms with Crippen LogP contribution in [-0.4, -0.2) is 73.2 Å². The summed E-state index contributed by atoms with van der Waals surface area (Å²) in [6, 6.07) is 11.4. The molecule has 33 heavy (non-hydrogen) atoms. The third kappa shape index (κ3) is 4.26. The van der Waals surface area contributed by atoms with Gasteiger partial charge in [0.15, 0.2) is 0 Å². The van der Waals surface area contributed by atoms with Crippen LogP contribution in [0.15, 0.2) is 42.1 Å². The van der Waals surface area contributed by atoms with Crippen LogP contribution in [0.2, 0.25) is 0 Å². The Hall–Kier alpha value is -3.16. The lowest BCUT2D eigenvalue weighted by molar-refractivity contribution is -0.120.